The highest BCUT2D eigenvalue weighted by Gasteiger charge is 2.20. The van der Waals surface area contributed by atoms with Crippen LogP contribution < -0.4 is 5.32 Å². The molecule has 0 saturated carbocycles. The molecule has 2 N–H and O–H groups in total. The van der Waals surface area contributed by atoms with Crippen molar-refractivity contribution in [1.29, 1.82) is 0 Å². The summed E-state index contributed by atoms with van der Waals surface area (Å²) >= 11 is 0. The Labute approximate surface area is 135 Å². The van der Waals surface area contributed by atoms with E-state index < -0.39 is 5.97 Å². The van der Waals surface area contributed by atoms with Crippen LogP contribution in [0.15, 0.2) is 24.3 Å². The van der Waals surface area contributed by atoms with Gasteiger partial charge in [0.2, 0.25) is 0 Å². The van der Waals surface area contributed by atoms with Crippen LogP contribution in [-0.2, 0) is 4.74 Å². The molecular formula is C17H21N3O3. The van der Waals surface area contributed by atoms with Crippen molar-refractivity contribution in [3.05, 3.63) is 46.8 Å². The highest BCUT2D eigenvalue weighted by atomic mass is 16.5. The first-order valence-electron chi connectivity index (χ1n) is 7.57. The molecule has 0 aliphatic rings. The summed E-state index contributed by atoms with van der Waals surface area (Å²) in [5.41, 5.74) is 2.92. The molecule has 0 radical (unpaired) electrons. The van der Waals surface area contributed by atoms with Crippen molar-refractivity contribution in [3.8, 4) is 0 Å². The van der Waals surface area contributed by atoms with Gasteiger partial charge in [-0.25, -0.2) is 4.79 Å². The fourth-order valence-electron chi connectivity index (χ4n) is 2.28. The number of benzene rings is 1. The van der Waals surface area contributed by atoms with Gasteiger partial charge in [-0.2, -0.15) is 5.10 Å². The molecule has 2 rings (SSSR count). The second-order valence-electron chi connectivity index (χ2n) is 5.52. The number of aromatic nitrogens is 2. The minimum atomic E-state index is -0.411. The molecule has 2 aromatic rings. The second kappa shape index (κ2) is 7.09. The minimum absolute atomic E-state index is 0.131. The molecule has 0 aliphatic heterocycles. The summed E-state index contributed by atoms with van der Waals surface area (Å²) in [6.07, 6.45) is 0. The van der Waals surface area contributed by atoms with Crippen LogP contribution >= 0.6 is 0 Å². The summed E-state index contributed by atoms with van der Waals surface area (Å²) < 4.78 is 4.96. The Morgan fingerprint density at radius 1 is 1.35 bits per heavy atom. The lowest BCUT2D eigenvalue weighted by Gasteiger charge is -2.09. The Bertz CT molecular complexity index is 720. The fourth-order valence-corrected chi connectivity index (χ4v) is 2.28. The number of carbonyl (C=O) groups is 2. The summed E-state index contributed by atoms with van der Waals surface area (Å²) in [4.78, 5) is 24.3. The van der Waals surface area contributed by atoms with Gasteiger partial charge in [0.25, 0.3) is 5.91 Å². The zero-order chi connectivity index (χ0) is 17.0. The lowest BCUT2D eigenvalue weighted by molar-refractivity contribution is 0.0526. The number of anilines is 1. The van der Waals surface area contributed by atoms with Crippen LogP contribution in [0.25, 0.3) is 0 Å². The number of aryl methyl sites for hydroxylation is 1. The third-order valence-electron chi connectivity index (χ3n) is 3.38. The van der Waals surface area contributed by atoms with Gasteiger partial charge in [-0.15, -0.1) is 0 Å². The number of nitrogens with zero attached hydrogens (tertiary/aromatic N) is 1. The lowest BCUT2D eigenvalue weighted by Crippen LogP contribution is -2.15. The van der Waals surface area contributed by atoms with E-state index in [4.69, 9.17) is 4.74 Å². The average Bonchev–Trinajstić information content (AvgIpc) is 2.90. The van der Waals surface area contributed by atoms with Gasteiger partial charge < -0.3 is 10.1 Å². The normalized spacial score (nSPS) is 10.7. The van der Waals surface area contributed by atoms with E-state index in [2.05, 4.69) is 15.5 Å². The Kier molecular flexibility index (Phi) is 5.16. The number of esters is 1. The molecule has 0 fully saturated rings. The number of amides is 1. The van der Waals surface area contributed by atoms with Crippen LogP contribution in [0.4, 0.5) is 5.69 Å². The maximum atomic E-state index is 12.5. The van der Waals surface area contributed by atoms with E-state index in [1.807, 2.05) is 20.8 Å². The Morgan fingerprint density at radius 2 is 2.09 bits per heavy atom. The third-order valence-corrected chi connectivity index (χ3v) is 3.38. The molecule has 1 aromatic carbocycles. The summed E-state index contributed by atoms with van der Waals surface area (Å²) in [7, 11) is 0. The first kappa shape index (κ1) is 16.7. The zero-order valence-corrected chi connectivity index (χ0v) is 13.8. The molecule has 0 bridgehead atoms. The largest absolute Gasteiger partial charge is 0.462 e. The monoisotopic (exact) mass is 315 g/mol. The highest BCUT2D eigenvalue weighted by molar-refractivity contribution is 6.06. The summed E-state index contributed by atoms with van der Waals surface area (Å²) in [6.45, 7) is 7.82. The van der Waals surface area contributed by atoms with Gasteiger partial charge in [-0.3, -0.25) is 9.89 Å². The maximum Gasteiger partial charge on any atom is 0.338 e. The molecule has 1 heterocycles. The number of hydrogen-bond donors (Lipinski definition) is 2. The molecule has 0 spiro atoms. The molecule has 1 amide bonds. The van der Waals surface area contributed by atoms with Crippen molar-refractivity contribution in [2.75, 3.05) is 11.9 Å². The lowest BCUT2D eigenvalue weighted by atomic mass is 10.0. The molecule has 0 unspecified atom stereocenters. The van der Waals surface area contributed by atoms with Crippen molar-refractivity contribution in [2.24, 2.45) is 0 Å². The third kappa shape index (κ3) is 3.77. The van der Waals surface area contributed by atoms with Crippen molar-refractivity contribution < 1.29 is 14.3 Å². The van der Waals surface area contributed by atoms with Gasteiger partial charge >= 0.3 is 5.97 Å². The van der Waals surface area contributed by atoms with Crippen LogP contribution in [0.3, 0.4) is 0 Å². The molecule has 0 aliphatic carbocycles. The summed E-state index contributed by atoms with van der Waals surface area (Å²) in [6, 6.07) is 6.68. The smallest absolute Gasteiger partial charge is 0.338 e. The second-order valence-corrected chi connectivity index (χ2v) is 5.52. The molecule has 1 aromatic heterocycles. The van der Waals surface area contributed by atoms with Crippen molar-refractivity contribution in [3.63, 3.8) is 0 Å². The quantitative estimate of drug-likeness (QED) is 0.829. The average molecular weight is 315 g/mol. The number of hydrogen-bond acceptors (Lipinski definition) is 4. The van der Waals surface area contributed by atoms with Crippen LogP contribution in [0.2, 0.25) is 0 Å². The van der Waals surface area contributed by atoms with Crippen LogP contribution in [0, 0.1) is 6.92 Å². The van der Waals surface area contributed by atoms with Gasteiger partial charge in [0.1, 0.15) is 0 Å². The standard InChI is InChI=1S/C17H21N3O3/c1-5-23-17(22)12-7-6-8-13(9-12)18-16(21)14-11(4)19-20-15(14)10(2)3/h6-10H,5H2,1-4H3,(H,18,21)(H,19,20). The highest BCUT2D eigenvalue weighted by Crippen LogP contribution is 2.21. The maximum absolute atomic E-state index is 12.5. The van der Waals surface area contributed by atoms with Gasteiger partial charge in [0, 0.05) is 11.4 Å². The Hall–Kier alpha value is -2.63. The number of H-pyrrole nitrogens is 1. The first-order valence-corrected chi connectivity index (χ1v) is 7.57. The number of nitrogens with one attached hydrogen (secondary N) is 2. The molecule has 6 heteroatoms. The predicted molar refractivity (Wildman–Crippen MR) is 87.8 cm³/mol. The van der Waals surface area contributed by atoms with Crippen molar-refractivity contribution in [2.45, 2.75) is 33.6 Å². The van der Waals surface area contributed by atoms with E-state index in [0.717, 1.165) is 5.69 Å². The van der Waals surface area contributed by atoms with Gasteiger partial charge in [-0.05, 0) is 38.0 Å². The fraction of sp³-hybridized carbons (Fsp3) is 0.353. The zero-order valence-electron chi connectivity index (χ0n) is 13.8. The number of aromatic amines is 1. The number of ether oxygens (including phenoxy) is 1. The van der Waals surface area contributed by atoms with E-state index in [1.165, 1.54) is 0 Å². The number of rotatable bonds is 5. The van der Waals surface area contributed by atoms with E-state index in [9.17, 15) is 9.59 Å². The van der Waals surface area contributed by atoms with Crippen LogP contribution in [0.1, 0.15) is 58.8 Å². The van der Waals surface area contributed by atoms with E-state index in [0.29, 0.717) is 29.1 Å². The van der Waals surface area contributed by atoms with E-state index in [-0.39, 0.29) is 11.8 Å². The van der Waals surface area contributed by atoms with Gasteiger partial charge in [0.05, 0.1) is 23.4 Å². The summed E-state index contributed by atoms with van der Waals surface area (Å²) in [5.74, 6) is -0.529. The number of carbonyl (C=O) groups excluding carboxylic acids is 2. The Morgan fingerprint density at radius 3 is 2.74 bits per heavy atom. The van der Waals surface area contributed by atoms with Crippen molar-refractivity contribution >= 4 is 17.6 Å². The molecular weight excluding hydrogens is 294 g/mol. The Balaban J connectivity index is 2.23. The molecule has 6 nitrogen and oxygen atoms in total. The van der Waals surface area contributed by atoms with Crippen LogP contribution in [0.5, 0.6) is 0 Å². The summed E-state index contributed by atoms with van der Waals surface area (Å²) in [5, 5.41) is 9.85. The van der Waals surface area contributed by atoms with Gasteiger partial charge in [-0.1, -0.05) is 19.9 Å². The first-order chi connectivity index (χ1) is 10.9. The molecule has 0 atom stereocenters. The minimum Gasteiger partial charge on any atom is -0.462 e. The van der Waals surface area contributed by atoms with Crippen molar-refractivity contribution in [1.82, 2.24) is 10.2 Å². The topological polar surface area (TPSA) is 84.1 Å². The van der Waals surface area contributed by atoms with E-state index in [1.54, 1.807) is 31.2 Å². The van der Waals surface area contributed by atoms with Gasteiger partial charge in [0.15, 0.2) is 0 Å². The SMILES string of the molecule is CCOC(=O)c1cccc(NC(=O)c2c(C(C)C)n[nH]c2C)c1. The molecule has 23 heavy (non-hydrogen) atoms. The predicted octanol–water partition coefficient (Wildman–Crippen LogP) is 3.27. The molecule has 122 valence electrons. The molecule has 0 saturated heterocycles. The van der Waals surface area contributed by atoms with E-state index >= 15 is 0 Å². The van der Waals surface area contributed by atoms with Crippen LogP contribution in [-0.4, -0.2) is 28.7 Å².